The van der Waals surface area contributed by atoms with Crippen molar-refractivity contribution >= 4 is 22.9 Å². The number of nitrogens with one attached hydrogen (secondary N) is 1. The molecule has 126 valence electrons. The lowest BCUT2D eigenvalue weighted by Gasteiger charge is -2.34. The summed E-state index contributed by atoms with van der Waals surface area (Å²) < 4.78 is 5.80. The van der Waals surface area contributed by atoms with Gasteiger partial charge in [-0.05, 0) is 24.8 Å². The quantitative estimate of drug-likeness (QED) is 0.916. The fourth-order valence-electron chi connectivity index (χ4n) is 3.45. The van der Waals surface area contributed by atoms with E-state index in [9.17, 15) is 9.59 Å². The van der Waals surface area contributed by atoms with Gasteiger partial charge in [0.2, 0.25) is 5.91 Å². The van der Waals surface area contributed by atoms with Gasteiger partial charge in [0.15, 0.2) is 0 Å². The van der Waals surface area contributed by atoms with E-state index in [2.05, 4.69) is 19.2 Å². The van der Waals surface area contributed by atoms with Crippen LogP contribution in [-0.4, -0.2) is 34.9 Å². The van der Waals surface area contributed by atoms with Crippen molar-refractivity contribution in [1.29, 1.82) is 0 Å². The second-order valence-corrected chi connectivity index (χ2v) is 8.30. The van der Waals surface area contributed by atoms with E-state index in [0.29, 0.717) is 13.0 Å². The Bertz CT molecular complexity index is 623. The van der Waals surface area contributed by atoms with Crippen LogP contribution < -0.4 is 5.32 Å². The number of hydrogen-bond acceptors (Lipinski definition) is 4. The normalized spacial score (nSPS) is 23.0. The van der Waals surface area contributed by atoms with E-state index in [4.69, 9.17) is 4.42 Å². The summed E-state index contributed by atoms with van der Waals surface area (Å²) in [7, 11) is 0. The summed E-state index contributed by atoms with van der Waals surface area (Å²) in [6.45, 7) is 7.60. The van der Waals surface area contributed by atoms with Crippen LogP contribution in [0.25, 0.3) is 0 Å². The van der Waals surface area contributed by atoms with Gasteiger partial charge >= 0.3 is 0 Å². The molecule has 0 bridgehead atoms. The van der Waals surface area contributed by atoms with Crippen LogP contribution in [0.4, 0.5) is 4.79 Å². The van der Waals surface area contributed by atoms with Crippen LogP contribution in [-0.2, 0) is 11.2 Å². The number of fused-ring (bicyclic) bond motifs is 1. The molecular formula is C17H24N2O3S. The van der Waals surface area contributed by atoms with Crippen LogP contribution in [0.3, 0.4) is 0 Å². The molecule has 1 aromatic rings. The molecule has 2 amide bonds. The summed E-state index contributed by atoms with van der Waals surface area (Å²) in [5, 5.41) is 3.23. The summed E-state index contributed by atoms with van der Waals surface area (Å²) in [6.07, 6.45) is 2.17. The molecule has 5 nitrogen and oxygen atoms in total. The van der Waals surface area contributed by atoms with Crippen molar-refractivity contribution in [3.8, 4) is 0 Å². The van der Waals surface area contributed by atoms with E-state index in [-0.39, 0.29) is 22.6 Å². The standard InChI is InChI=1S/C17H24N2O3S/c1-11-8-12-13(9-17(2,3)10-14(12)22-11)18-15(20)4-5-19-6-7-23-16(19)21/h8,13H,4-7,9-10H2,1-3H3,(H,18,20). The highest BCUT2D eigenvalue weighted by atomic mass is 32.2. The van der Waals surface area contributed by atoms with E-state index >= 15 is 0 Å². The van der Waals surface area contributed by atoms with E-state index in [1.165, 1.54) is 11.8 Å². The van der Waals surface area contributed by atoms with Crippen LogP contribution in [0.5, 0.6) is 0 Å². The lowest BCUT2D eigenvalue weighted by atomic mass is 9.74. The van der Waals surface area contributed by atoms with Crippen molar-refractivity contribution in [2.45, 2.75) is 46.1 Å². The monoisotopic (exact) mass is 336 g/mol. The molecule has 6 heteroatoms. The highest BCUT2D eigenvalue weighted by Crippen LogP contribution is 2.42. The topological polar surface area (TPSA) is 62.6 Å². The first-order valence-electron chi connectivity index (χ1n) is 8.14. The highest BCUT2D eigenvalue weighted by Gasteiger charge is 2.35. The molecule has 1 unspecified atom stereocenters. The van der Waals surface area contributed by atoms with Gasteiger partial charge in [-0.25, -0.2) is 0 Å². The fourth-order valence-corrected chi connectivity index (χ4v) is 4.30. The molecule has 1 saturated heterocycles. The van der Waals surface area contributed by atoms with E-state index in [1.807, 2.05) is 13.0 Å². The minimum absolute atomic E-state index is 0.00204. The third-order valence-corrected chi connectivity index (χ3v) is 5.42. The summed E-state index contributed by atoms with van der Waals surface area (Å²) in [4.78, 5) is 25.6. The number of thioether (sulfide) groups is 1. The predicted molar refractivity (Wildman–Crippen MR) is 90.5 cm³/mol. The number of rotatable bonds is 4. The average Bonchev–Trinajstić information content (AvgIpc) is 3.00. The maximum absolute atomic E-state index is 12.3. The van der Waals surface area contributed by atoms with Crippen molar-refractivity contribution in [2.24, 2.45) is 5.41 Å². The molecule has 0 aromatic carbocycles. The van der Waals surface area contributed by atoms with Crippen LogP contribution in [0.1, 0.15) is 49.8 Å². The van der Waals surface area contributed by atoms with Gasteiger partial charge in [-0.15, -0.1) is 0 Å². The van der Waals surface area contributed by atoms with Crippen molar-refractivity contribution in [3.63, 3.8) is 0 Å². The molecule has 2 heterocycles. The van der Waals surface area contributed by atoms with Gasteiger partial charge in [-0.2, -0.15) is 0 Å². The average molecular weight is 336 g/mol. The third-order valence-electron chi connectivity index (χ3n) is 4.53. The molecule has 0 saturated carbocycles. The molecule has 1 aliphatic heterocycles. The number of furan rings is 1. The molecule has 3 rings (SSSR count). The predicted octanol–water partition coefficient (Wildman–Crippen LogP) is 3.28. The largest absolute Gasteiger partial charge is 0.466 e. The smallest absolute Gasteiger partial charge is 0.281 e. The van der Waals surface area contributed by atoms with Gasteiger partial charge < -0.3 is 14.6 Å². The van der Waals surface area contributed by atoms with Gasteiger partial charge in [-0.3, -0.25) is 9.59 Å². The molecule has 1 aromatic heterocycles. The van der Waals surface area contributed by atoms with Gasteiger partial charge in [0.1, 0.15) is 11.5 Å². The van der Waals surface area contributed by atoms with Crippen LogP contribution in [0, 0.1) is 12.3 Å². The first kappa shape index (κ1) is 16.4. The first-order chi connectivity index (χ1) is 10.8. The second-order valence-electron chi connectivity index (χ2n) is 7.25. The van der Waals surface area contributed by atoms with Crippen molar-refractivity contribution in [2.75, 3.05) is 18.8 Å². The molecular weight excluding hydrogens is 312 g/mol. The number of hydrogen-bond donors (Lipinski definition) is 1. The maximum atomic E-state index is 12.3. The van der Waals surface area contributed by atoms with Crippen LogP contribution >= 0.6 is 11.8 Å². The molecule has 1 aliphatic carbocycles. The summed E-state index contributed by atoms with van der Waals surface area (Å²) in [5.41, 5.74) is 1.22. The number of aryl methyl sites for hydroxylation is 1. The summed E-state index contributed by atoms with van der Waals surface area (Å²) in [6, 6.07) is 2.04. The minimum Gasteiger partial charge on any atom is -0.466 e. The molecule has 2 aliphatic rings. The summed E-state index contributed by atoms with van der Waals surface area (Å²) >= 11 is 1.33. The number of carbonyl (C=O) groups is 2. The molecule has 0 radical (unpaired) electrons. The molecule has 1 atom stereocenters. The second kappa shape index (κ2) is 6.23. The Morgan fingerprint density at radius 1 is 1.52 bits per heavy atom. The van der Waals surface area contributed by atoms with Crippen molar-refractivity contribution < 1.29 is 14.0 Å². The Balaban J connectivity index is 1.62. The van der Waals surface area contributed by atoms with Crippen molar-refractivity contribution in [3.05, 3.63) is 23.2 Å². The summed E-state index contributed by atoms with van der Waals surface area (Å²) in [5.74, 6) is 2.72. The van der Waals surface area contributed by atoms with E-state index in [1.54, 1.807) is 4.90 Å². The Kier molecular flexibility index (Phi) is 4.45. The Labute approximate surface area is 141 Å². The Hall–Kier alpha value is -1.43. The zero-order valence-electron chi connectivity index (χ0n) is 14.0. The molecule has 0 spiro atoms. The zero-order chi connectivity index (χ0) is 16.6. The maximum Gasteiger partial charge on any atom is 0.281 e. The number of amides is 2. The van der Waals surface area contributed by atoms with Gasteiger partial charge in [0.05, 0.1) is 6.04 Å². The first-order valence-corrected chi connectivity index (χ1v) is 9.13. The lowest BCUT2D eigenvalue weighted by molar-refractivity contribution is -0.122. The Morgan fingerprint density at radius 3 is 3.00 bits per heavy atom. The highest BCUT2D eigenvalue weighted by molar-refractivity contribution is 8.13. The fraction of sp³-hybridized carbons (Fsp3) is 0.647. The van der Waals surface area contributed by atoms with Gasteiger partial charge in [0.25, 0.3) is 5.24 Å². The van der Waals surface area contributed by atoms with Gasteiger partial charge in [0, 0.05) is 37.2 Å². The van der Waals surface area contributed by atoms with E-state index < -0.39 is 0 Å². The molecule has 1 N–H and O–H groups in total. The SMILES string of the molecule is Cc1cc2c(o1)CC(C)(C)CC2NC(=O)CCN1CCSC1=O. The van der Waals surface area contributed by atoms with Crippen LogP contribution in [0.2, 0.25) is 0 Å². The third kappa shape index (κ3) is 3.74. The number of carbonyl (C=O) groups excluding carboxylic acids is 2. The van der Waals surface area contributed by atoms with Crippen molar-refractivity contribution in [1.82, 2.24) is 10.2 Å². The minimum atomic E-state index is 0.00204. The van der Waals surface area contributed by atoms with E-state index in [0.717, 1.165) is 42.2 Å². The van der Waals surface area contributed by atoms with Crippen LogP contribution in [0.15, 0.2) is 10.5 Å². The van der Waals surface area contributed by atoms with Gasteiger partial charge in [-0.1, -0.05) is 25.6 Å². The molecule has 23 heavy (non-hydrogen) atoms. The number of nitrogens with zero attached hydrogens (tertiary/aromatic N) is 1. The molecule has 1 fully saturated rings. The zero-order valence-corrected chi connectivity index (χ0v) is 14.8. The lowest BCUT2D eigenvalue weighted by Crippen LogP contribution is -2.37. The Morgan fingerprint density at radius 2 is 2.30 bits per heavy atom.